The van der Waals surface area contributed by atoms with Gasteiger partial charge in [0.25, 0.3) is 5.56 Å². The highest BCUT2D eigenvalue weighted by Crippen LogP contribution is 2.40. The molecule has 1 aromatic carbocycles. The summed E-state index contributed by atoms with van der Waals surface area (Å²) in [5.41, 5.74) is 1.55. The topological polar surface area (TPSA) is 61.2 Å². The number of benzene rings is 1. The Morgan fingerprint density at radius 1 is 1.08 bits per heavy atom. The molecule has 0 unspecified atom stereocenters. The van der Waals surface area contributed by atoms with Crippen molar-refractivity contribution in [2.75, 3.05) is 7.11 Å². The maximum Gasteiger partial charge on any atom is 0.259 e. The Morgan fingerprint density at radius 3 is 2.40 bits per heavy atom. The number of ketones is 1. The highest BCUT2D eigenvalue weighted by atomic mass is 16.5. The van der Waals surface area contributed by atoms with Gasteiger partial charge in [0, 0.05) is 16.3 Å². The molecule has 0 amide bonds. The van der Waals surface area contributed by atoms with Gasteiger partial charge in [-0.3, -0.25) is 14.6 Å². The van der Waals surface area contributed by atoms with Crippen molar-refractivity contribution in [2.45, 2.75) is 26.3 Å². The number of hydrogen-bond donors (Lipinski definition) is 0. The highest BCUT2D eigenvalue weighted by Gasteiger charge is 2.36. The Labute approximate surface area is 144 Å². The largest absolute Gasteiger partial charge is 0.495 e. The lowest BCUT2D eigenvalue weighted by molar-refractivity contribution is 0.104. The standard InChI is InChI=1S/C20H18N2O3/c1-20(2,3)22-17-15(12-7-5-6-8-13(12)19(22)24)18(23)14-9-11(25-4)10-21-16(14)17/h5-10H,1-4H3. The molecule has 5 heteroatoms. The van der Waals surface area contributed by atoms with E-state index in [0.717, 1.165) is 0 Å². The predicted octanol–water partition coefficient (Wildman–Crippen LogP) is 3.37. The van der Waals surface area contributed by atoms with E-state index in [1.165, 1.54) is 7.11 Å². The zero-order valence-corrected chi connectivity index (χ0v) is 14.6. The van der Waals surface area contributed by atoms with Crippen molar-refractivity contribution < 1.29 is 9.53 Å². The SMILES string of the molecule is COc1cnc2c(c1)C(=O)c1c-2n(C(C)(C)C)c(=O)c2ccccc12. The molecule has 0 saturated heterocycles. The summed E-state index contributed by atoms with van der Waals surface area (Å²) in [6, 6.07) is 8.94. The number of fused-ring (bicyclic) bond motifs is 5. The number of methoxy groups -OCH3 is 1. The van der Waals surface area contributed by atoms with Gasteiger partial charge in [-0.15, -0.1) is 0 Å². The van der Waals surface area contributed by atoms with Gasteiger partial charge in [0.2, 0.25) is 0 Å². The Morgan fingerprint density at radius 2 is 1.76 bits per heavy atom. The van der Waals surface area contributed by atoms with E-state index in [1.807, 2.05) is 39.0 Å². The molecule has 126 valence electrons. The Bertz CT molecular complexity index is 1100. The first-order chi connectivity index (χ1) is 11.8. The van der Waals surface area contributed by atoms with Crippen LogP contribution in [-0.4, -0.2) is 22.4 Å². The van der Waals surface area contributed by atoms with E-state index in [9.17, 15) is 9.59 Å². The van der Waals surface area contributed by atoms with Crippen molar-refractivity contribution in [2.24, 2.45) is 0 Å². The van der Waals surface area contributed by atoms with Crippen LogP contribution in [0.1, 0.15) is 36.7 Å². The van der Waals surface area contributed by atoms with Crippen LogP contribution in [0.2, 0.25) is 0 Å². The molecule has 0 saturated carbocycles. The minimum Gasteiger partial charge on any atom is -0.495 e. The number of rotatable bonds is 1. The van der Waals surface area contributed by atoms with E-state index in [4.69, 9.17) is 4.74 Å². The summed E-state index contributed by atoms with van der Waals surface area (Å²) >= 11 is 0. The van der Waals surface area contributed by atoms with Crippen molar-refractivity contribution in [3.8, 4) is 17.1 Å². The fourth-order valence-electron chi connectivity index (χ4n) is 3.50. The maximum atomic E-state index is 13.2. The van der Waals surface area contributed by atoms with Crippen LogP contribution in [0.25, 0.3) is 22.2 Å². The third-order valence-corrected chi connectivity index (χ3v) is 4.56. The third-order valence-electron chi connectivity index (χ3n) is 4.56. The molecule has 0 aliphatic heterocycles. The van der Waals surface area contributed by atoms with E-state index < -0.39 is 5.54 Å². The molecule has 1 aliphatic carbocycles. The fourth-order valence-corrected chi connectivity index (χ4v) is 3.50. The van der Waals surface area contributed by atoms with Gasteiger partial charge in [0.15, 0.2) is 5.78 Å². The van der Waals surface area contributed by atoms with Crippen LogP contribution in [0, 0.1) is 0 Å². The minimum atomic E-state index is -0.491. The number of nitrogens with zero attached hydrogens (tertiary/aromatic N) is 2. The zero-order valence-electron chi connectivity index (χ0n) is 14.6. The van der Waals surface area contributed by atoms with Crippen molar-refractivity contribution in [1.82, 2.24) is 9.55 Å². The van der Waals surface area contributed by atoms with Gasteiger partial charge in [-0.1, -0.05) is 18.2 Å². The number of ether oxygens (including phenoxy) is 1. The molecular weight excluding hydrogens is 316 g/mol. The molecule has 0 fully saturated rings. The van der Waals surface area contributed by atoms with Gasteiger partial charge in [0.1, 0.15) is 5.75 Å². The maximum absolute atomic E-state index is 13.2. The van der Waals surface area contributed by atoms with Gasteiger partial charge in [-0.05, 0) is 32.9 Å². The molecule has 1 aliphatic rings. The van der Waals surface area contributed by atoms with Gasteiger partial charge >= 0.3 is 0 Å². The van der Waals surface area contributed by atoms with Crippen LogP contribution in [0.5, 0.6) is 5.75 Å². The quantitative estimate of drug-likeness (QED) is 0.535. The summed E-state index contributed by atoms with van der Waals surface area (Å²) in [5, 5.41) is 1.22. The molecule has 4 rings (SSSR count). The molecule has 0 radical (unpaired) electrons. The van der Waals surface area contributed by atoms with E-state index in [1.54, 1.807) is 22.9 Å². The van der Waals surface area contributed by atoms with Gasteiger partial charge in [-0.25, -0.2) is 0 Å². The fraction of sp³-hybridized carbons (Fsp3) is 0.250. The van der Waals surface area contributed by atoms with Crippen LogP contribution in [0.15, 0.2) is 41.3 Å². The van der Waals surface area contributed by atoms with E-state index in [2.05, 4.69) is 4.98 Å². The number of carbonyl (C=O) groups is 1. The number of hydrogen-bond acceptors (Lipinski definition) is 4. The number of aromatic nitrogens is 2. The zero-order chi connectivity index (χ0) is 17.9. The molecule has 5 nitrogen and oxygen atoms in total. The lowest BCUT2D eigenvalue weighted by Crippen LogP contribution is -2.35. The smallest absolute Gasteiger partial charge is 0.259 e. The molecule has 0 N–H and O–H groups in total. The molecule has 2 aromatic heterocycles. The Balaban J connectivity index is 2.24. The van der Waals surface area contributed by atoms with Crippen LogP contribution >= 0.6 is 0 Å². The first kappa shape index (κ1) is 15.6. The average molecular weight is 334 g/mol. The summed E-state index contributed by atoms with van der Waals surface area (Å²) < 4.78 is 6.90. The van der Waals surface area contributed by atoms with E-state index in [0.29, 0.717) is 39.0 Å². The van der Waals surface area contributed by atoms with Crippen LogP contribution in [0.3, 0.4) is 0 Å². The number of pyridine rings is 2. The lowest BCUT2D eigenvalue weighted by atomic mass is 10.00. The molecular formula is C20H18N2O3. The number of carbonyl (C=O) groups excluding carboxylic acids is 1. The average Bonchev–Trinajstić information content (AvgIpc) is 2.86. The van der Waals surface area contributed by atoms with Gasteiger partial charge in [-0.2, -0.15) is 0 Å². The Hall–Kier alpha value is -2.95. The lowest BCUT2D eigenvalue weighted by Gasteiger charge is -2.26. The van der Waals surface area contributed by atoms with Crippen LogP contribution < -0.4 is 10.3 Å². The first-order valence-corrected chi connectivity index (χ1v) is 8.12. The second-order valence-corrected chi connectivity index (χ2v) is 7.18. The van der Waals surface area contributed by atoms with E-state index >= 15 is 0 Å². The third kappa shape index (κ3) is 2.05. The summed E-state index contributed by atoms with van der Waals surface area (Å²) in [7, 11) is 1.54. The summed E-state index contributed by atoms with van der Waals surface area (Å²) in [6.07, 6.45) is 1.58. The van der Waals surface area contributed by atoms with Gasteiger partial charge in [0.05, 0.1) is 35.8 Å². The van der Waals surface area contributed by atoms with Crippen molar-refractivity contribution >= 4 is 16.6 Å². The summed E-state index contributed by atoms with van der Waals surface area (Å²) in [6.45, 7) is 5.86. The van der Waals surface area contributed by atoms with E-state index in [-0.39, 0.29) is 11.3 Å². The van der Waals surface area contributed by atoms with Crippen LogP contribution in [-0.2, 0) is 5.54 Å². The monoisotopic (exact) mass is 334 g/mol. The highest BCUT2D eigenvalue weighted by molar-refractivity contribution is 6.26. The molecule has 2 heterocycles. The molecule has 0 spiro atoms. The van der Waals surface area contributed by atoms with Crippen molar-refractivity contribution in [1.29, 1.82) is 0 Å². The van der Waals surface area contributed by atoms with Crippen LogP contribution in [0.4, 0.5) is 0 Å². The second kappa shape index (κ2) is 5.02. The minimum absolute atomic E-state index is 0.111. The summed E-state index contributed by atoms with van der Waals surface area (Å²) in [4.78, 5) is 30.8. The second-order valence-electron chi connectivity index (χ2n) is 7.18. The van der Waals surface area contributed by atoms with Gasteiger partial charge < -0.3 is 9.30 Å². The molecule has 3 aromatic rings. The van der Waals surface area contributed by atoms with Crippen molar-refractivity contribution in [3.63, 3.8) is 0 Å². The molecule has 25 heavy (non-hydrogen) atoms. The molecule has 0 bridgehead atoms. The van der Waals surface area contributed by atoms with Crippen molar-refractivity contribution in [3.05, 3.63) is 58.0 Å². The first-order valence-electron chi connectivity index (χ1n) is 8.12. The normalized spacial score (nSPS) is 13.0. The molecule has 0 atom stereocenters. The predicted molar refractivity (Wildman–Crippen MR) is 96.4 cm³/mol. The Kier molecular flexibility index (Phi) is 3.13. The summed E-state index contributed by atoms with van der Waals surface area (Å²) in [5.74, 6) is 0.402.